The van der Waals surface area contributed by atoms with Crippen molar-refractivity contribution in [3.05, 3.63) is 68.2 Å². The minimum absolute atomic E-state index is 0.190. The number of hydrogen-bond donors (Lipinski definition) is 4. The molecule has 0 aliphatic heterocycles. The van der Waals surface area contributed by atoms with E-state index >= 15 is 0 Å². The van der Waals surface area contributed by atoms with Crippen LogP contribution in [0.3, 0.4) is 0 Å². The SMILES string of the molecule is C=C(Cl)S/C(=C\C)S(=O)NC(=O)Nc1ccc(N(C)C(=O)c2ccc(NC3CC3)cc2NC=O)c(Cl)c1. The molecule has 1 saturated carbocycles. The van der Waals surface area contributed by atoms with Gasteiger partial charge in [0.25, 0.3) is 5.91 Å². The molecule has 1 fully saturated rings. The predicted octanol–water partition coefficient (Wildman–Crippen LogP) is 5.85. The van der Waals surface area contributed by atoms with Gasteiger partial charge in [0.2, 0.25) is 6.41 Å². The first-order valence-corrected chi connectivity index (χ1v) is 13.7. The molecule has 13 heteroatoms. The molecule has 2 aromatic rings. The predicted molar refractivity (Wildman–Crippen MR) is 154 cm³/mol. The monoisotopic (exact) mass is 581 g/mol. The lowest BCUT2D eigenvalue weighted by Crippen LogP contribution is -2.30. The van der Waals surface area contributed by atoms with Crippen molar-refractivity contribution in [2.75, 3.05) is 27.9 Å². The zero-order chi connectivity index (χ0) is 27.1. The number of allylic oxidation sites excluding steroid dienone is 1. The third-order valence-electron chi connectivity index (χ3n) is 5.10. The Bertz CT molecular complexity index is 1280. The topological polar surface area (TPSA) is 120 Å². The number of nitrogens with one attached hydrogen (secondary N) is 4. The Balaban J connectivity index is 1.70. The van der Waals surface area contributed by atoms with Crippen LogP contribution in [0, 0.1) is 0 Å². The molecule has 2 aromatic carbocycles. The summed E-state index contributed by atoms with van der Waals surface area (Å²) >= 11 is 13.1. The van der Waals surface area contributed by atoms with E-state index in [1.54, 1.807) is 50.4 Å². The molecule has 1 unspecified atom stereocenters. The van der Waals surface area contributed by atoms with Gasteiger partial charge in [0.1, 0.15) is 0 Å². The highest BCUT2D eigenvalue weighted by Crippen LogP contribution is 2.32. The first-order valence-electron chi connectivity index (χ1n) is 11.0. The van der Waals surface area contributed by atoms with Crippen molar-refractivity contribution >= 4 is 87.0 Å². The van der Waals surface area contributed by atoms with Crippen molar-refractivity contribution in [1.82, 2.24) is 4.72 Å². The van der Waals surface area contributed by atoms with E-state index in [0.29, 0.717) is 33.8 Å². The van der Waals surface area contributed by atoms with Gasteiger partial charge in [0.05, 0.1) is 30.6 Å². The molecule has 0 spiro atoms. The number of carbonyl (C=O) groups is 3. The van der Waals surface area contributed by atoms with E-state index < -0.39 is 22.9 Å². The van der Waals surface area contributed by atoms with Gasteiger partial charge in [-0.1, -0.05) is 47.6 Å². The summed E-state index contributed by atoms with van der Waals surface area (Å²) in [5.74, 6) is -0.393. The summed E-state index contributed by atoms with van der Waals surface area (Å²) in [6, 6.07) is 9.40. The first-order chi connectivity index (χ1) is 17.6. The molecule has 0 radical (unpaired) electrons. The van der Waals surface area contributed by atoms with Gasteiger partial charge in [-0.3, -0.25) is 14.3 Å². The van der Waals surface area contributed by atoms with Crippen molar-refractivity contribution < 1.29 is 18.6 Å². The van der Waals surface area contributed by atoms with Crippen LogP contribution in [0.15, 0.2) is 57.7 Å². The number of hydrogen-bond acceptors (Lipinski definition) is 6. The summed E-state index contributed by atoms with van der Waals surface area (Å²) in [5, 5.41) is 8.65. The summed E-state index contributed by atoms with van der Waals surface area (Å²) in [4.78, 5) is 38.0. The van der Waals surface area contributed by atoms with E-state index in [4.69, 9.17) is 23.2 Å². The lowest BCUT2D eigenvalue weighted by atomic mass is 10.1. The molecular formula is C24H25Cl2N5O4S2. The van der Waals surface area contributed by atoms with Crippen LogP contribution in [0.4, 0.5) is 27.5 Å². The molecule has 1 aliphatic rings. The van der Waals surface area contributed by atoms with Crippen LogP contribution < -0.4 is 25.6 Å². The molecule has 37 heavy (non-hydrogen) atoms. The third kappa shape index (κ3) is 8.00. The molecule has 1 atom stereocenters. The fourth-order valence-electron chi connectivity index (χ4n) is 3.22. The second kappa shape index (κ2) is 13.0. The highest BCUT2D eigenvalue weighted by Gasteiger charge is 2.23. The molecule has 4 N–H and O–H groups in total. The van der Waals surface area contributed by atoms with Gasteiger partial charge in [-0.15, -0.1) is 0 Å². The molecule has 0 bridgehead atoms. The van der Waals surface area contributed by atoms with Crippen LogP contribution in [0.2, 0.25) is 5.02 Å². The van der Waals surface area contributed by atoms with E-state index in [2.05, 4.69) is 27.3 Å². The number of nitrogens with zero attached hydrogens (tertiary/aromatic N) is 1. The van der Waals surface area contributed by atoms with E-state index in [0.717, 1.165) is 30.3 Å². The molecule has 3 rings (SSSR count). The lowest BCUT2D eigenvalue weighted by molar-refractivity contribution is -0.105. The van der Waals surface area contributed by atoms with Gasteiger partial charge in [0, 0.05) is 24.5 Å². The summed E-state index contributed by atoms with van der Waals surface area (Å²) in [6.45, 7) is 5.19. The Hall–Kier alpha value is -2.99. The average molecular weight is 583 g/mol. The minimum atomic E-state index is -1.84. The summed E-state index contributed by atoms with van der Waals surface area (Å²) < 4.78 is 15.2. The van der Waals surface area contributed by atoms with Crippen LogP contribution in [-0.2, 0) is 15.8 Å². The molecule has 4 amide bonds. The minimum Gasteiger partial charge on any atom is -0.382 e. The zero-order valence-electron chi connectivity index (χ0n) is 20.0. The smallest absolute Gasteiger partial charge is 0.331 e. The fraction of sp³-hybridized carbons (Fsp3) is 0.208. The summed E-state index contributed by atoms with van der Waals surface area (Å²) in [5.41, 5.74) is 2.17. The number of thioether (sulfide) groups is 1. The van der Waals surface area contributed by atoms with Gasteiger partial charge >= 0.3 is 6.03 Å². The Morgan fingerprint density at radius 1 is 1.19 bits per heavy atom. The van der Waals surface area contributed by atoms with Gasteiger partial charge in [-0.05, 0) is 56.2 Å². The Labute approximate surface area is 231 Å². The van der Waals surface area contributed by atoms with Gasteiger partial charge in [-0.25, -0.2) is 9.00 Å². The van der Waals surface area contributed by atoms with Gasteiger partial charge in [-0.2, -0.15) is 0 Å². The van der Waals surface area contributed by atoms with E-state index in [9.17, 15) is 18.6 Å². The van der Waals surface area contributed by atoms with Crippen molar-refractivity contribution in [3.63, 3.8) is 0 Å². The zero-order valence-corrected chi connectivity index (χ0v) is 23.1. The number of rotatable bonds is 11. The van der Waals surface area contributed by atoms with E-state index in [1.165, 1.54) is 11.0 Å². The number of carbonyl (C=O) groups excluding carboxylic acids is 3. The van der Waals surface area contributed by atoms with Crippen LogP contribution >= 0.6 is 35.0 Å². The summed E-state index contributed by atoms with van der Waals surface area (Å²) in [7, 11) is -0.287. The normalized spacial score (nSPS) is 13.8. The van der Waals surface area contributed by atoms with Crippen LogP contribution in [-0.4, -0.2) is 35.6 Å². The Morgan fingerprint density at radius 3 is 2.49 bits per heavy atom. The van der Waals surface area contributed by atoms with Crippen LogP contribution in [0.25, 0.3) is 0 Å². The number of halogens is 2. The lowest BCUT2D eigenvalue weighted by Gasteiger charge is -2.21. The number of amides is 4. The molecule has 1 aliphatic carbocycles. The Morgan fingerprint density at radius 2 is 1.89 bits per heavy atom. The van der Waals surface area contributed by atoms with Gasteiger partial charge < -0.3 is 20.9 Å². The number of urea groups is 1. The maximum atomic E-state index is 13.2. The molecule has 196 valence electrons. The van der Waals surface area contributed by atoms with E-state index in [1.807, 2.05) is 0 Å². The van der Waals surface area contributed by atoms with Crippen LogP contribution in [0.5, 0.6) is 0 Å². The average Bonchev–Trinajstić information content (AvgIpc) is 3.66. The molecule has 0 saturated heterocycles. The highest BCUT2D eigenvalue weighted by atomic mass is 35.5. The molecule has 0 heterocycles. The van der Waals surface area contributed by atoms with E-state index in [-0.39, 0.29) is 15.0 Å². The molecule has 9 nitrogen and oxygen atoms in total. The maximum absolute atomic E-state index is 13.2. The quantitative estimate of drug-likeness (QED) is 0.247. The Kier molecular flexibility index (Phi) is 10.0. The van der Waals surface area contributed by atoms with Crippen LogP contribution in [0.1, 0.15) is 30.1 Å². The highest BCUT2D eigenvalue weighted by molar-refractivity contribution is 8.19. The fourth-order valence-corrected chi connectivity index (χ4v) is 5.51. The standard InChI is InChI=1S/C24H25Cl2N5O4S2/c1-4-22(36-14(2)25)37(35)30-24(34)29-16-8-10-21(19(26)11-16)31(3)23(33)18-9-7-17(28-15-5-6-15)12-20(18)27-13-32/h4,7-13,15,28H,2,5-6H2,1,3H3,(H,27,32)(H2,29,30,34)/b22-4+. The second-order valence-corrected chi connectivity index (χ2v) is 11.5. The second-order valence-electron chi connectivity index (χ2n) is 7.86. The molecule has 0 aromatic heterocycles. The largest absolute Gasteiger partial charge is 0.382 e. The van der Waals surface area contributed by atoms with Crippen molar-refractivity contribution in [2.24, 2.45) is 0 Å². The third-order valence-corrected chi connectivity index (χ3v) is 7.97. The molecular weight excluding hydrogens is 557 g/mol. The van der Waals surface area contributed by atoms with Crippen molar-refractivity contribution in [2.45, 2.75) is 25.8 Å². The van der Waals surface area contributed by atoms with Gasteiger partial charge in [0.15, 0.2) is 11.0 Å². The maximum Gasteiger partial charge on any atom is 0.331 e. The number of benzene rings is 2. The van der Waals surface area contributed by atoms with Crippen molar-refractivity contribution in [1.29, 1.82) is 0 Å². The number of anilines is 4. The first kappa shape index (κ1) is 28.6. The summed E-state index contributed by atoms with van der Waals surface area (Å²) in [6.07, 6.45) is 4.24. The van der Waals surface area contributed by atoms with Crippen molar-refractivity contribution in [3.8, 4) is 0 Å².